The van der Waals surface area contributed by atoms with Gasteiger partial charge in [0.2, 0.25) is 0 Å². The second-order valence-corrected chi connectivity index (χ2v) is 6.45. The number of carboxylic acids is 1. The van der Waals surface area contributed by atoms with Gasteiger partial charge < -0.3 is 5.11 Å². The molecule has 0 aromatic carbocycles. The van der Waals surface area contributed by atoms with E-state index in [-0.39, 0.29) is 5.41 Å². The van der Waals surface area contributed by atoms with Crippen LogP contribution in [0.25, 0.3) is 0 Å². The molecule has 0 spiro atoms. The third-order valence-corrected chi connectivity index (χ3v) is 4.08. The molecule has 0 radical (unpaired) electrons. The fourth-order valence-electron chi connectivity index (χ4n) is 2.57. The predicted molar refractivity (Wildman–Crippen MR) is 68.0 cm³/mol. The molecule has 2 saturated carbocycles. The molecule has 0 heterocycles. The van der Waals surface area contributed by atoms with Gasteiger partial charge in [-0.15, -0.1) is 0 Å². The number of hydrogen-bond acceptors (Lipinski definition) is 2. The molecule has 0 saturated heterocycles. The monoisotopic (exact) mass is 239 g/mol. The fourth-order valence-corrected chi connectivity index (χ4v) is 2.57. The second-order valence-electron chi connectivity index (χ2n) is 6.45. The van der Waals surface area contributed by atoms with E-state index in [4.69, 9.17) is 5.11 Å². The van der Waals surface area contributed by atoms with Crippen LogP contribution >= 0.6 is 0 Å². The van der Waals surface area contributed by atoms with Gasteiger partial charge in [-0.3, -0.25) is 9.69 Å². The van der Waals surface area contributed by atoms with E-state index < -0.39 is 5.97 Å². The average Bonchev–Trinajstić information content (AvgIpc) is 3.05. The summed E-state index contributed by atoms with van der Waals surface area (Å²) in [4.78, 5) is 13.4. The second kappa shape index (κ2) is 4.97. The van der Waals surface area contributed by atoms with Crippen molar-refractivity contribution in [2.45, 2.75) is 58.4 Å². The summed E-state index contributed by atoms with van der Waals surface area (Å²) in [6.07, 6.45) is 6.48. The summed E-state index contributed by atoms with van der Waals surface area (Å²) in [6, 6.07) is 0.764. The zero-order valence-corrected chi connectivity index (χ0v) is 11.1. The van der Waals surface area contributed by atoms with Crippen LogP contribution in [-0.4, -0.2) is 35.1 Å². The summed E-state index contributed by atoms with van der Waals surface area (Å²) in [5.41, 5.74) is 0.130. The third kappa shape index (κ3) is 3.98. The molecule has 0 aromatic rings. The molecular formula is C14H25NO2. The van der Waals surface area contributed by atoms with Crippen LogP contribution in [0.3, 0.4) is 0 Å². The van der Waals surface area contributed by atoms with Crippen molar-refractivity contribution in [1.29, 1.82) is 0 Å². The molecule has 98 valence electrons. The molecule has 3 heteroatoms. The highest BCUT2D eigenvalue weighted by atomic mass is 16.4. The number of carboxylic acid groups (broad SMARTS) is 1. The predicted octanol–water partition coefficient (Wildman–Crippen LogP) is 2.75. The Kier molecular flexibility index (Phi) is 3.76. The maximum absolute atomic E-state index is 10.9. The van der Waals surface area contributed by atoms with Crippen molar-refractivity contribution in [2.24, 2.45) is 11.3 Å². The molecule has 1 N–H and O–H groups in total. The molecule has 0 unspecified atom stereocenters. The summed E-state index contributed by atoms with van der Waals surface area (Å²) in [5.74, 6) is 0.119. The van der Waals surface area contributed by atoms with Crippen LogP contribution in [0.15, 0.2) is 0 Å². The quantitative estimate of drug-likeness (QED) is 0.708. The third-order valence-electron chi connectivity index (χ3n) is 4.08. The molecule has 0 bridgehead atoms. The summed E-state index contributed by atoms with van der Waals surface area (Å²) in [7, 11) is 0. The van der Waals surface area contributed by atoms with E-state index in [2.05, 4.69) is 18.7 Å². The number of nitrogens with zero attached hydrogens (tertiary/aromatic N) is 1. The van der Waals surface area contributed by atoms with Gasteiger partial charge in [-0.25, -0.2) is 0 Å². The Morgan fingerprint density at radius 1 is 1.41 bits per heavy atom. The Bertz CT molecular complexity index is 280. The number of aliphatic carboxylic acids is 1. The smallest absolute Gasteiger partial charge is 0.303 e. The van der Waals surface area contributed by atoms with Crippen molar-refractivity contribution < 1.29 is 9.90 Å². The zero-order chi connectivity index (χ0) is 12.5. The molecular weight excluding hydrogens is 214 g/mol. The minimum Gasteiger partial charge on any atom is -0.481 e. The van der Waals surface area contributed by atoms with Crippen molar-refractivity contribution in [3.63, 3.8) is 0 Å². The number of rotatable bonds is 8. The molecule has 2 aliphatic carbocycles. The van der Waals surface area contributed by atoms with Gasteiger partial charge in [0, 0.05) is 12.6 Å². The molecule has 0 atom stereocenters. The molecule has 2 fully saturated rings. The van der Waals surface area contributed by atoms with Crippen molar-refractivity contribution >= 4 is 5.97 Å². The fraction of sp³-hybridized carbons (Fsp3) is 0.929. The first kappa shape index (κ1) is 12.9. The lowest BCUT2D eigenvalue weighted by molar-refractivity contribution is -0.138. The summed E-state index contributed by atoms with van der Waals surface area (Å²) in [6.45, 7) is 6.70. The largest absolute Gasteiger partial charge is 0.481 e. The molecule has 2 aliphatic rings. The minimum absolute atomic E-state index is 0.130. The minimum atomic E-state index is -0.623. The van der Waals surface area contributed by atoms with E-state index in [9.17, 15) is 4.79 Å². The van der Waals surface area contributed by atoms with Gasteiger partial charge in [0.1, 0.15) is 0 Å². The van der Waals surface area contributed by atoms with E-state index in [1.54, 1.807) is 0 Å². The van der Waals surface area contributed by atoms with E-state index in [0.29, 0.717) is 6.42 Å². The lowest BCUT2D eigenvalue weighted by Crippen LogP contribution is -2.34. The lowest BCUT2D eigenvalue weighted by atomic mass is 10.0. The maximum Gasteiger partial charge on any atom is 0.303 e. The standard InChI is InChI=1S/C14H25NO2/c1-11(2)5-8-15(12-3-4-12)10-14(6-7-14)9-13(16)17/h11-12H,3-10H2,1-2H3,(H,16,17). The van der Waals surface area contributed by atoms with Gasteiger partial charge in [-0.2, -0.15) is 0 Å². The van der Waals surface area contributed by atoms with Crippen LogP contribution in [0, 0.1) is 11.3 Å². The van der Waals surface area contributed by atoms with Gasteiger partial charge in [-0.05, 0) is 50.0 Å². The zero-order valence-electron chi connectivity index (χ0n) is 11.1. The maximum atomic E-state index is 10.9. The summed E-state index contributed by atoms with van der Waals surface area (Å²) in [5, 5.41) is 8.96. The van der Waals surface area contributed by atoms with E-state index >= 15 is 0 Å². The topological polar surface area (TPSA) is 40.5 Å². The van der Waals surface area contributed by atoms with Crippen LogP contribution in [0.5, 0.6) is 0 Å². The summed E-state index contributed by atoms with van der Waals surface area (Å²) >= 11 is 0. The summed E-state index contributed by atoms with van der Waals surface area (Å²) < 4.78 is 0. The Balaban J connectivity index is 1.82. The van der Waals surface area contributed by atoms with Crippen molar-refractivity contribution in [1.82, 2.24) is 4.90 Å². The first-order valence-corrected chi connectivity index (χ1v) is 6.97. The van der Waals surface area contributed by atoms with Crippen LogP contribution in [0.4, 0.5) is 0 Å². The Morgan fingerprint density at radius 3 is 2.47 bits per heavy atom. The van der Waals surface area contributed by atoms with Crippen LogP contribution in [0.2, 0.25) is 0 Å². The normalized spacial score (nSPS) is 22.1. The molecule has 3 nitrogen and oxygen atoms in total. The molecule has 2 rings (SSSR count). The van der Waals surface area contributed by atoms with Crippen molar-refractivity contribution in [3.05, 3.63) is 0 Å². The van der Waals surface area contributed by atoms with E-state index in [1.807, 2.05) is 0 Å². The first-order chi connectivity index (χ1) is 8.01. The average molecular weight is 239 g/mol. The molecule has 0 aromatic heterocycles. The first-order valence-electron chi connectivity index (χ1n) is 6.97. The Morgan fingerprint density at radius 2 is 2.06 bits per heavy atom. The molecule has 17 heavy (non-hydrogen) atoms. The van der Waals surface area contributed by atoms with Gasteiger partial charge in [0.25, 0.3) is 0 Å². The van der Waals surface area contributed by atoms with Crippen molar-refractivity contribution in [3.8, 4) is 0 Å². The van der Waals surface area contributed by atoms with Crippen LogP contribution in [-0.2, 0) is 4.79 Å². The molecule has 0 aliphatic heterocycles. The van der Waals surface area contributed by atoms with E-state index in [0.717, 1.165) is 37.9 Å². The lowest BCUT2D eigenvalue weighted by Gasteiger charge is -2.27. The SMILES string of the molecule is CC(C)CCN(CC1(CC(=O)O)CC1)C1CC1. The van der Waals surface area contributed by atoms with Gasteiger partial charge in [0.05, 0.1) is 6.42 Å². The van der Waals surface area contributed by atoms with E-state index in [1.165, 1.54) is 19.3 Å². The van der Waals surface area contributed by atoms with Crippen LogP contribution in [0.1, 0.15) is 52.4 Å². The number of carbonyl (C=O) groups is 1. The van der Waals surface area contributed by atoms with Crippen LogP contribution < -0.4 is 0 Å². The van der Waals surface area contributed by atoms with Gasteiger partial charge in [-0.1, -0.05) is 13.8 Å². The highest BCUT2D eigenvalue weighted by Gasteiger charge is 2.47. The Hall–Kier alpha value is -0.570. The van der Waals surface area contributed by atoms with Crippen molar-refractivity contribution in [2.75, 3.05) is 13.1 Å². The highest BCUT2D eigenvalue weighted by Crippen LogP contribution is 2.50. The highest BCUT2D eigenvalue weighted by molar-refractivity contribution is 5.68. The molecule has 0 amide bonds. The van der Waals surface area contributed by atoms with Gasteiger partial charge >= 0.3 is 5.97 Å². The van der Waals surface area contributed by atoms with Gasteiger partial charge in [0.15, 0.2) is 0 Å². The number of hydrogen-bond donors (Lipinski definition) is 1. The Labute approximate surface area is 104 Å².